The number of fused-ring (bicyclic) bond motifs is 2. The Labute approximate surface area is 104 Å². The molecule has 2 heterocycles. The molecule has 0 saturated carbocycles. The molecule has 2 aromatic rings. The average molecular weight is 240 g/mol. The number of para-hydroxylation sites is 2. The molecular weight excluding hydrogens is 232 g/mol. The Morgan fingerprint density at radius 3 is 2.44 bits per heavy atom. The van der Waals surface area contributed by atoms with Crippen molar-refractivity contribution in [3.05, 3.63) is 43.2 Å². The van der Waals surface area contributed by atoms with Gasteiger partial charge in [-0.2, -0.15) is 0 Å². The minimum Gasteiger partial charge on any atom is -0.454 e. The van der Waals surface area contributed by atoms with Gasteiger partial charge in [-0.05, 0) is 12.1 Å². The summed E-state index contributed by atoms with van der Waals surface area (Å²) in [5, 5.41) is 0. The van der Waals surface area contributed by atoms with Gasteiger partial charge in [-0.1, -0.05) is 24.3 Å². The molecule has 0 spiro atoms. The van der Waals surface area contributed by atoms with Crippen LogP contribution in [0.1, 0.15) is 0 Å². The SMILES string of the molecule is [C]1Oc2cccc(-c3cccc4c3OCO4)c2O1. The second-order valence-electron chi connectivity index (χ2n) is 3.96. The predicted octanol–water partition coefficient (Wildman–Crippen LogP) is 2.85. The van der Waals surface area contributed by atoms with Gasteiger partial charge in [0.1, 0.15) is 0 Å². The van der Waals surface area contributed by atoms with Gasteiger partial charge < -0.3 is 18.9 Å². The lowest BCUT2D eigenvalue weighted by molar-refractivity contribution is 0.174. The van der Waals surface area contributed by atoms with Crippen LogP contribution in [0.2, 0.25) is 0 Å². The quantitative estimate of drug-likeness (QED) is 0.768. The molecule has 0 N–H and O–H groups in total. The summed E-state index contributed by atoms with van der Waals surface area (Å²) < 4.78 is 21.3. The fraction of sp³-hybridized carbons (Fsp3) is 0.0714. The van der Waals surface area contributed by atoms with E-state index in [-0.39, 0.29) is 6.79 Å². The monoisotopic (exact) mass is 240 g/mol. The van der Waals surface area contributed by atoms with Crippen molar-refractivity contribution in [1.29, 1.82) is 0 Å². The Kier molecular flexibility index (Phi) is 1.91. The van der Waals surface area contributed by atoms with E-state index in [0.29, 0.717) is 11.5 Å². The van der Waals surface area contributed by atoms with E-state index in [1.165, 1.54) is 0 Å². The molecule has 88 valence electrons. The van der Waals surface area contributed by atoms with E-state index in [1.807, 2.05) is 36.4 Å². The molecule has 0 atom stereocenters. The summed E-state index contributed by atoms with van der Waals surface area (Å²) in [6.07, 6.45) is 0. The normalized spacial score (nSPS) is 14.9. The van der Waals surface area contributed by atoms with Crippen LogP contribution < -0.4 is 18.9 Å². The Morgan fingerprint density at radius 1 is 0.778 bits per heavy atom. The Morgan fingerprint density at radius 2 is 1.56 bits per heavy atom. The highest BCUT2D eigenvalue weighted by molar-refractivity contribution is 5.81. The van der Waals surface area contributed by atoms with Crippen molar-refractivity contribution >= 4 is 0 Å². The maximum Gasteiger partial charge on any atom is 0.428 e. The average Bonchev–Trinajstić information content (AvgIpc) is 3.06. The van der Waals surface area contributed by atoms with Crippen LogP contribution in [0, 0.1) is 6.79 Å². The molecule has 2 aromatic carbocycles. The van der Waals surface area contributed by atoms with Crippen LogP contribution in [0.4, 0.5) is 0 Å². The molecule has 2 aliphatic rings. The number of hydrogen-bond acceptors (Lipinski definition) is 4. The molecule has 0 saturated heterocycles. The minimum atomic E-state index is 0.247. The van der Waals surface area contributed by atoms with Crippen molar-refractivity contribution in [2.75, 3.05) is 6.79 Å². The van der Waals surface area contributed by atoms with Gasteiger partial charge in [0, 0.05) is 11.1 Å². The van der Waals surface area contributed by atoms with Gasteiger partial charge in [0.25, 0.3) is 0 Å². The molecule has 4 nitrogen and oxygen atoms in total. The number of rotatable bonds is 1. The summed E-state index contributed by atoms with van der Waals surface area (Å²) in [5.41, 5.74) is 1.83. The highest BCUT2D eigenvalue weighted by Gasteiger charge is 2.25. The van der Waals surface area contributed by atoms with E-state index >= 15 is 0 Å². The molecule has 0 aliphatic carbocycles. The van der Waals surface area contributed by atoms with E-state index in [4.69, 9.17) is 18.9 Å². The summed E-state index contributed by atoms with van der Waals surface area (Å²) in [5.74, 6) is 2.80. The summed E-state index contributed by atoms with van der Waals surface area (Å²) in [7, 11) is 0. The van der Waals surface area contributed by atoms with Crippen molar-refractivity contribution in [2.24, 2.45) is 0 Å². The zero-order chi connectivity index (χ0) is 11.9. The lowest BCUT2D eigenvalue weighted by atomic mass is 10.0. The summed E-state index contributed by atoms with van der Waals surface area (Å²) in [6.45, 7) is 2.64. The van der Waals surface area contributed by atoms with E-state index in [2.05, 4.69) is 6.79 Å². The van der Waals surface area contributed by atoms with Crippen molar-refractivity contribution in [3.63, 3.8) is 0 Å². The Hall–Kier alpha value is -2.36. The smallest absolute Gasteiger partial charge is 0.428 e. The Balaban J connectivity index is 1.95. The van der Waals surface area contributed by atoms with Crippen LogP contribution in [0.3, 0.4) is 0 Å². The largest absolute Gasteiger partial charge is 0.454 e. The van der Waals surface area contributed by atoms with Gasteiger partial charge in [0.05, 0.1) is 0 Å². The van der Waals surface area contributed by atoms with Gasteiger partial charge in [0.2, 0.25) is 6.79 Å². The third-order valence-electron chi connectivity index (χ3n) is 2.96. The van der Waals surface area contributed by atoms with Crippen LogP contribution in [0.15, 0.2) is 36.4 Å². The van der Waals surface area contributed by atoms with Gasteiger partial charge in [-0.15, -0.1) is 0 Å². The molecule has 0 unspecified atom stereocenters. The highest BCUT2D eigenvalue weighted by atomic mass is 16.7. The molecule has 2 aliphatic heterocycles. The van der Waals surface area contributed by atoms with Gasteiger partial charge in [-0.3, -0.25) is 0 Å². The molecule has 2 radical (unpaired) electrons. The van der Waals surface area contributed by atoms with Crippen LogP contribution >= 0.6 is 0 Å². The summed E-state index contributed by atoms with van der Waals surface area (Å²) >= 11 is 0. The fourth-order valence-electron chi connectivity index (χ4n) is 2.16. The lowest BCUT2D eigenvalue weighted by Crippen LogP contribution is -1.93. The minimum absolute atomic E-state index is 0.247. The topological polar surface area (TPSA) is 36.9 Å². The van der Waals surface area contributed by atoms with E-state index in [1.54, 1.807) is 0 Å². The van der Waals surface area contributed by atoms with Crippen LogP contribution in [-0.4, -0.2) is 6.79 Å². The first kappa shape index (κ1) is 9.65. The molecule has 0 amide bonds. The maximum absolute atomic E-state index is 5.50. The molecule has 18 heavy (non-hydrogen) atoms. The molecule has 0 bridgehead atoms. The first-order chi connectivity index (χ1) is 8.93. The van der Waals surface area contributed by atoms with Crippen LogP contribution in [0.25, 0.3) is 11.1 Å². The van der Waals surface area contributed by atoms with Crippen LogP contribution in [0.5, 0.6) is 23.0 Å². The Bertz CT molecular complexity index is 566. The third kappa shape index (κ3) is 1.26. The second kappa shape index (κ2) is 3.57. The summed E-state index contributed by atoms with van der Waals surface area (Å²) in [4.78, 5) is 0. The van der Waals surface area contributed by atoms with Gasteiger partial charge in [0.15, 0.2) is 23.0 Å². The molecule has 4 heteroatoms. The zero-order valence-electron chi connectivity index (χ0n) is 9.30. The molecule has 0 fully saturated rings. The highest BCUT2D eigenvalue weighted by Crippen LogP contribution is 2.48. The van der Waals surface area contributed by atoms with E-state index in [0.717, 1.165) is 22.6 Å². The lowest BCUT2D eigenvalue weighted by Gasteiger charge is -2.08. The number of hydrogen-bond donors (Lipinski definition) is 0. The first-order valence-electron chi connectivity index (χ1n) is 5.54. The number of benzene rings is 2. The van der Waals surface area contributed by atoms with Crippen molar-refractivity contribution in [2.45, 2.75) is 0 Å². The zero-order valence-corrected chi connectivity index (χ0v) is 9.30. The van der Waals surface area contributed by atoms with Gasteiger partial charge >= 0.3 is 6.79 Å². The predicted molar refractivity (Wildman–Crippen MR) is 62.5 cm³/mol. The first-order valence-corrected chi connectivity index (χ1v) is 5.54. The van der Waals surface area contributed by atoms with Crippen molar-refractivity contribution in [3.8, 4) is 34.1 Å². The third-order valence-corrected chi connectivity index (χ3v) is 2.96. The number of ether oxygens (including phenoxy) is 4. The standard InChI is InChI=1S/C14H8O4/c1-3-9(13-11(5-1)15-7-17-13)10-4-2-6-12-14(10)18-8-16-12/h1-6H,7H2. The molecular formula is C14H8O4. The van der Waals surface area contributed by atoms with Crippen molar-refractivity contribution in [1.82, 2.24) is 0 Å². The fourth-order valence-corrected chi connectivity index (χ4v) is 2.16. The molecule has 0 aromatic heterocycles. The van der Waals surface area contributed by atoms with Crippen LogP contribution in [-0.2, 0) is 0 Å². The second-order valence-corrected chi connectivity index (χ2v) is 3.96. The van der Waals surface area contributed by atoms with E-state index < -0.39 is 0 Å². The van der Waals surface area contributed by atoms with E-state index in [9.17, 15) is 0 Å². The van der Waals surface area contributed by atoms with Crippen molar-refractivity contribution < 1.29 is 18.9 Å². The molecule has 4 rings (SSSR count). The maximum atomic E-state index is 5.50. The van der Waals surface area contributed by atoms with Gasteiger partial charge in [-0.25, -0.2) is 0 Å². The summed E-state index contributed by atoms with van der Waals surface area (Å²) in [6, 6.07) is 11.5.